The van der Waals surface area contributed by atoms with E-state index in [4.69, 9.17) is 9.92 Å². The molecule has 1 heterocycles. The zero-order chi connectivity index (χ0) is 30.4. The Morgan fingerprint density at radius 2 is 1.64 bits per heavy atom. The zero-order valence-corrected chi connectivity index (χ0v) is 25.3. The van der Waals surface area contributed by atoms with E-state index < -0.39 is 28.3 Å². The van der Waals surface area contributed by atoms with E-state index in [1.165, 1.54) is 17.7 Å². The van der Waals surface area contributed by atoms with E-state index in [9.17, 15) is 18.5 Å². The van der Waals surface area contributed by atoms with Crippen LogP contribution in [0.5, 0.6) is 0 Å². The van der Waals surface area contributed by atoms with E-state index in [1.54, 1.807) is 17.0 Å². The van der Waals surface area contributed by atoms with Crippen molar-refractivity contribution in [2.24, 2.45) is 5.73 Å². The molecule has 224 valence electrons. The second kappa shape index (κ2) is 16.8. The van der Waals surface area contributed by atoms with Crippen LogP contribution in [0.4, 0.5) is 0 Å². The van der Waals surface area contributed by atoms with Crippen molar-refractivity contribution < 1.29 is 17.4 Å². The molecule has 3 atom stereocenters. The molecule has 9 heteroatoms. The van der Waals surface area contributed by atoms with Crippen LogP contribution >= 0.6 is 0 Å². The van der Waals surface area contributed by atoms with Gasteiger partial charge in [0.15, 0.2) is 0 Å². The Morgan fingerprint density at radius 3 is 2.19 bits per heavy atom. The summed E-state index contributed by atoms with van der Waals surface area (Å²) in [5.74, 6) is -0.0703. The van der Waals surface area contributed by atoms with Gasteiger partial charge >= 0.3 is 0 Å². The van der Waals surface area contributed by atoms with Crippen LogP contribution in [-0.2, 0) is 32.2 Å². The number of hydrogen-bond donors (Lipinski definition) is 2. The van der Waals surface area contributed by atoms with Gasteiger partial charge in [0.05, 0.1) is 23.1 Å². The monoisotopic (exact) mass is 590 g/mol. The van der Waals surface area contributed by atoms with Crippen molar-refractivity contribution in [2.45, 2.75) is 82.1 Å². The predicted molar refractivity (Wildman–Crippen MR) is 165 cm³/mol. The van der Waals surface area contributed by atoms with Gasteiger partial charge in [0.25, 0.3) is 10.1 Å². The molecule has 0 radical (unpaired) electrons. The largest absolute Gasteiger partial charge is 0.334 e. The van der Waals surface area contributed by atoms with Crippen LogP contribution in [0.3, 0.4) is 0 Å². The number of nitrogens with zero attached hydrogens (tertiary/aromatic N) is 2. The van der Waals surface area contributed by atoms with Gasteiger partial charge in [-0.15, -0.1) is 0 Å². The standard InChI is InChI=1S/C26H33N3O4S.C7H9N/c1-3-4-6-11-26(30)29-19-22(33-34(31,32)23-14-12-20(2)13-15-23)16-25(29)24(17-27)28-18-21-9-7-5-8-10-21;8-6-7-4-2-1-3-5-7/h5,7-10,12-15,22,24-25,28H,3-4,6,11,16,18-19H2,1-2H3;1-5H,6,8H2/t22-,24?,25+;/m1./s1. The molecule has 1 amide bonds. The molecule has 4 rings (SSSR count). The van der Waals surface area contributed by atoms with Gasteiger partial charge in [0.1, 0.15) is 6.04 Å². The first-order valence-corrected chi connectivity index (χ1v) is 15.9. The lowest BCUT2D eigenvalue weighted by Gasteiger charge is -2.28. The number of carbonyl (C=O) groups is 1. The summed E-state index contributed by atoms with van der Waals surface area (Å²) in [5.41, 5.74) is 8.51. The van der Waals surface area contributed by atoms with Gasteiger partial charge in [-0.05, 0) is 43.0 Å². The number of benzene rings is 3. The maximum atomic E-state index is 13.0. The molecule has 1 aliphatic rings. The Hall–Kier alpha value is -3.55. The molecule has 0 aromatic heterocycles. The quantitative estimate of drug-likeness (QED) is 0.223. The van der Waals surface area contributed by atoms with Crippen LogP contribution in [0.2, 0.25) is 0 Å². The summed E-state index contributed by atoms with van der Waals surface area (Å²) >= 11 is 0. The number of nitrogens with two attached hydrogens (primary N) is 1. The lowest BCUT2D eigenvalue weighted by atomic mass is 10.0. The lowest BCUT2D eigenvalue weighted by Crippen LogP contribution is -2.48. The van der Waals surface area contributed by atoms with Gasteiger partial charge < -0.3 is 10.6 Å². The van der Waals surface area contributed by atoms with Gasteiger partial charge in [0.2, 0.25) is 5.91 Å². The van der Waals surface area contributed by atoms with Crippen LogP contribution in [0.15, 0.2) is 89.8 Å². The van der Waals surface area contributed by atoms with E-state index in [2.05, 4.69) is 18.3 Å². The minimum Gasteiger partial charge on any atom is -0.334 e. The molecular weight excluding hydrogens is 548 g/mol. The molecule has 0 aliphatic carbocycles. The van der Waals surface area contributed by atoms with Crippen LogP contribution in [0.1, 0.15) is 55.7 Å². The van der Waals surface area contributed by atoms with Crippen LogP contribution in [-0.4, -0.2) is 44.0 Å². The predicted octanol–water partition coefficient (Wildman–Crippen LogP) is 5.08. The summed E-state index contributed by atoms with van der Waals surface area (Å²) < 4.78 is 31.2. The first-order valence-electron chi connectivity index (χ1n) is 14.5. The molecule has 0 saturated carbocycles. The van der Waals surface area contributed by atoms with Crippen LogP contribution in [0, 0.1) is 18.3 Å². The SMILES string of the molecule is CCCCCC(=O)N1C[C@H](OS(=O)(=O)c2ccc(C)cc2)C[C@H]1C(C#N)NCc1ccccc1.NCc1ccccc1. The summed E-state index contributed by atoms with van der Waals surface area (Å²) in [7, 11) is -3.98. The molecule has 42 heavy (non-hydrogen) atoms. The summed E-state index contributed by atoms with van der Waals surface area (Å²) in [4.78, 5) is 14.7. The van der Waals surface area contributed by atoms with Gasteiger partial charge in [0, 0.05) is 26.1 Å². The average Bonchev–Trinajstić information content (AvgIpc) is 3.42. The van der Waals surface area contributed by atoms with Crippen molar-refractivity contribution in [1.29, 1.82) is 5.26 Å². The minimum absolute atomic E-state index is 0.0703. The Labute approximate surface area is 250 Å². The van der Waals surface area contributed by atoms with Crippen LogP contribution in [0.25, 0.3) is 0 Å². The molecule has 1 fully saturated rings. The highest BCUT2D eigenvalue weighted by Crippen LogP contribution is 2.28. The van der Waals surface area contributed by atoms with Crippen molar-refractivity contribution >= 4 is 16.0 Å². The third kappa shape index (κ3) is 10.1. The molecular formula is C33H42N4O4S. The number of rotatable bonds is 12. The van der Waals surface area contributed by atoms with E-state index in [-0.39, 0.29) is 23.8 Å². The normalized spacial score (nSPS) is 17.1. The maximum Gasteiger partial charge on any atom is 0.297 e. The molecule has 3 N–H and O–H groups in total. The van der Waals surface area contributed by atoms with Gasteiger partial charge in [-0.3, -0.25) is 14.3 Å². The Bertz CT molecular complexity index is 1380. The van der Waals surface area contributed by atoms with Gasteiger partial charge in [-0.2, -0.15) is 13.7 Å². The molecule has 1 unspecified atom stereocenters. The summed E-state index contributed by atoms with van der Waals surface area (Å²) in [6.45, 7) is 5.21. The highest BCUT2D eigenvalue weighted by Gasteiger charge is 2.42. The Kier molecular flexibility index (Phi) is 13.2. The van der Waals surface area contributed by atoms with Gasteiger partial charge in [-0.1, -0.05) is 98.1 Å². The average molecular weight is 591 g/mol. The number of likely N-dealkylation sites (tertiary alicyclic amines) is 1. The fourth-order valence-corrected chi connectivity index (χ4v) is 5.89. The fourth-order valence-electron chi connectivity index (χ4n) is 4.81. The number of aryl methyl sites for hydroxylation is 1. The second-order valence-electron chi connectivity index (χ2n) is 10.5. The zero-order valence-electron chi connectivity index (χ0n) is 24.5. The third-order valence-corrected chi connectivity index (χ3v) is 8.54. The topological polar surface area (TPSA) is 126 Å². The van der Waals surface area contributed by atoms with Crippen molar-refractivity contribution in [1.82, 2.24) is 10.2 Å². The summed E-state index contributed by atoms with van der Waals surface area (Å²) in [5, 5.41) is 13.1. The van der Waals surface area contributed by atoms with E-state index in [0.717, 1.165) is 30.4 Å². The molecule has 0 spiro atoms. The van der Waals surface area contributed by atoms with Crippen molar-refractivity contribution in [2.75, 3.05) is 6.54 Å². The van der Waals surface area contributed by atoms with Crippen molar-refractivity contribution in [3.8, 4) is 6.07 Å². The number of nitrogens with one attached hydrogen (secondary N) is 1. The van der Waals surface area contributed by atoms with E-state index in [0.29, 0.717) is 19.5 Å². The smallest absolute Gasteiger partial charge is 0.297 e. The number of unbranched alkanes of at least 4 members (excludes halogenated alkanes) is 2. The Morgan fingerprint density at radius 1 is 1.02 bits per heavy atom. The van der Waals surface area contributed by atoms with E-state index >= 15 is 0 Å². The first-order chi connectivity index (χ1) is 20.3. The first kappa shape index (κ1) is 33.0. The lowest BCUT2D eigenvalue weighted by molar-refractivity contribution is -0.132. The summed E-state index contributed by atoms with van der Waals surface area (Å²) in [6, 6.07) is 27.3. The Balaban J connectivity index is 0.000000521. The number of hydrogen-bond acceptors (Lipinski definition) is 7. The maximum absolute atomic E-state index is 13.0. The fraction of sp³-hybridized carbons (Fsp3) is 0.394. The molecule has 3 aromatic rings. The highest BCUT2D eigenvalue weighted by molar-refractivity contribution is 7.86. The molecule has 8 nitrogen and oxygen atoms in total. The molecule has 1 aliphatic heterocycles. The van der Waals surface area contributed by atoms with Crippen molar-refractivity contribution in [3.63, 3.8) is 0 Å². The molecule has 3 aromatic carbocycles. The second-order valence-corrected chi connectivity index (χ2v) is 12.0. The minimum atomic E-state index is -3.98. The number of carbonyl (C=O) groups excluding carboxylic acids is 1. The van der Waals surface area contributed by atoms with Crippen molar-refractivity contribution in [3.05, 3.63) is 102 Å². The van der Waals surface area contributed by atoms with Crippen LogP contribution < -0.4 is 11.1 Å². The molecule has 1 saturated heterocycles. The van der Waals surface area contributed by atoms with E-state index in [1.807, 2.05) is 67.6 Å². The van der Waals surface area contributed by atoms with Gasteiger partial charge in [-0.25, -0.2) is 0 Å². The number of amides is 1. The third-order valence-electron chi connectivity index (χ3n) is 7.16. The number of nitriles is 1. The highest BCUT2D eigenvalue weighted by atomic mass is 32.2. The molecule has 0 bridgehead atoms. The summed E-state index contributed by atoms with van der Waals surface area (Å²) in [6.07, 6.45) is 2.64.